The first kappa shape index (κ1) is 22.3. The van der Waals surface area contributed by atoms with Crippen molar-refractivity contribution in [3.8, 4) is 0 Å². The van der Waals surface area contributed by atoms with Crippen LogP contribution in [-0.4, -0.2) is 61.5 Å². The molecule has 1 unspecified atom stereocenters. The molecule has 1 saturated heterocycles. The molecular weight excluding hydrogens is 399 g/mol. The van der Waals surface area contributed by atoms with Crippen molar-refractivity contribution in [3.63, 3.8) is 0 Å². The molecular formula is C18H25ClF3N3OS. The molecule has 0 radical (unpaired) electrons. The number of nitrogens with zero attached hydrogens (tertiary/aromatic N) is 1. The van der Waals surface area contributed by atoms with E-state index in [9.17, 15) is 18.0 Å². The highest BCUT2D eigenvalue weighted by atomic mass is 35.5. The van der Waals surface area contributed by atoms with Gasteiger partial charge in [-0.3, -0.25) is 9.69 Å². The molecule has 1 aliphatic heterocycles. The SMILES string of the molecule is Cl.O=C(CSc1ccc2c(c1)CCC2)NCC(N1CCNCC1)C(F)(F)F. The van der Waals surface area contributed by atoms with Crippen molar-refractivity contribution < 1.29 is 18.0 Å². The number of aryl methyl sites for hydroxylation is 2. The summed E-state index contributed by atoms with van der Waals surface area (Å²) < 4.78 is 39.9. The molecule has 3 rings (SSSR count). The van der Waals surface area contributed by atoms with Crippen LogP contribution in [0, 0.1) is 0 Å². The standard InChI is InChI=1S/C18H24F3N3OS.ClH/c19-18(20,21)16(24-8-6-22-7-9-24)11-23-17(25)12-26-15-5-4-13-2-1-3-14(13)10-15;/h4-5,10,16,22H,1-3,6-9,11-12H2,(H,23,25);1H. The topological polar surface area (TPSA) is 44.4 Å². The zero-order valence-electron chi connectivity index (χ0n) is 15.0. The number of nitrogens with one attached hydrogen (secondary N) is 2. The summed E-state index contributed by atoms with van der Waals surface area (Å²) >= 11 is 1.37. The Kier molecular flexibility index (Phi) is 8.27. The van der Waals surface area contributed by atoms with Crippen molar-refractivity contribution in [2.45, 2.75) is 36.4 Å². The summed E-state index contributed by atoms with van der Waals surface area (Å²) in [5.41, 5.74) is 2.69. The highest BCUT2D eigenvalue weighted by Gasteiger charge is 2.43. The second kappa shape index (κ2) is 10.0. The number of thioether (sulfide) groups is 1. The molecule has 0 spiro atoms. The van der Waals surface area contributed by atoms with Gasteiger partial charge in [-0.1, -0.05) is 6.07 Å². The van der Waals surface area contributed by atoms with Crippen LogP contribution < -0.4 is 10.6 Å². The lowest BCUT2D eigenvalue weighted by Gasteiger charge is -2.35. The van der Waals surface area contributed by atoms with E-state index < -0.39 is 18.8 Å². The Labute approximate surface area is 168 Å². The molecule has 1 fully saturated rings. The van der Waals surface area contributed by atoms with Gasteiger partial charge >= 0.3 is 6.18 Å². The Morgan fingerprint density at radius 3 is 2.63 bits per heavy atom. The van der Waals surface area contributed by atoms with Crippen molar-refractivity contribution in [2.24, 2.45) is 0 Å². The molecule has 0 bridgehead atoms. The molecule has 27 heavy (non-hydrogen) atoms. The Bertz CT molecular complexity index is 639. The number of rotatable bonds is 6. The molecule has 1 atom stereocenters. The summed E-state index contributed by atoms with van der Waals surface area (Å²) in [5, 5.41) is 5.51. The number of amides is 1. The lowest BCUT2D eigenvalue weighted by molar-refractivity contribution is -0.183. The summed E-state index contributed by atoms with van der Waals surface area (Å²) in [6.45, 7) is 1.35. The van der Waals surface area contributed by atoms with Crippen molar-refractivity contribution in [1.82, 2.24) is 15.5 Å². The third kappa shape index (κ3) is 6.27. The van der Waals surface area contributed by atoms with Gasteiger partial charge in [0.25, 0.3) is 0 Å². The number of fused-ring (bicyclic) bond motifs is 1. The molecule has 1 aliphatic carbocycles. The van der Waals surface area contributed by atoms with Gasteiger partial charge in [-0.25, -0.2) is 0 Å². The second-order valence-electron chi connectivity index (χ2n) is 6.72. The quantitative estimate of drug-likeness (QED) is 0.690. The van der Waals surface area contributed by atoms with E-state index in [1.165, 1.54) is 27.8 Å². The van der Waals surface area contributed by atoms with E-state index in [0.29, 0.717) is 26.2 Å². The number of hydrogen-bond donors (Lipinski definition) is 2. The molecule has 1 aromatic carbocycles. The minimum atomic E-state index is -4.35. The molecule has 1 heterocycles. The molecule has 0 aromatic heterocycles. The van der Waals surface area contributed by atoms with Crippen molar-refractivity contribution in [2.75, 3.05) is 38.5 Å². The van der Waals surface area contributed by atoms with Crippen molar-refractivity contribution in [3.05, 3.63) is 29.3 Å². The summed E-state index contributed by atoms with van der Waals surface area (Å²) in [7, 11) is 0. The first-order valence-corrected chi connectivity index (χ1v) is 9.95. The van der Waals surface area contributed by atoms with E-state index in [2.05, 4.69) is 22.8 Å². The fourth-order valence-electron chi connectivity index (χ4n) is 3.49. The van der Waals surface area contributed by atoms with Crippen LogP contribution in [0.15, 0.2) is 23.1 Å². The number of hydrogen-bond acceptors (Lipinski definition) is 4. The molecule has 9 heteroatoms. The maximum atomic E-state index is 13.3. The van der Waals surface area contributed by atoms with Crippen molar-refractivity contribution >= 4 is 30.1 Å². The highest BCUT2D eigenvalue weighted by Crippen LogP contribution is 2.28. The molecule has 1 aromatic rings. The molecule has 152 valence electrons. The van der Waals surface area contributed by atoms with Crippen LogP contribution in [0.1, 0.15) is 17.5 Å². The molecule has 1 amide bonds. The van der Waals surface area contributed by atoms with Gasteiger partial charge in [0, 0.05) is 37.6 Å². The summed E-state index contributed by atoms with van der Waals surface area (Å²) in [5.74, 6) is -0.231. The van der Waals surface area contributed by atoms with E-state index in [1.54, 1.807) is 0 Å². The van der Waals surface area contributed by atoms with Gasteiger partial charge in [-0.15, -0.1) is 24.2 Å². The number of benzene rings is 1. The first-order chi connectivity index (χ1) is 12.4. The Morgan fingerprint density at radius 2 is 1.93 bits per heavy atom. The maximum absolute atomic E-state index is 13.3. The largest absolute Gasteiger partial charge is 0.405 e. The number of halogens is 4. The Balaban J connectivity index is 0.00000261. The minimum Gasteiger partial charge on any atom is -0.353 e. The summed E-state index contributed by atoms with van der Waals surface area (Å²) in [6, 6.07) is 4.55. The first-order valence-electron chi connectivity index (χ1n) is 8.96. The third-order valence-electron chi connectivity index (χ3n) is 4.90. The summed E-state index contributed by atoms with van der Waals surface area (Å²) in [4.78, 5) is 14.4. The van der Waals surface area contributed by atoms with Crippen LogP contribution in [0.25, 0.3) is 0 Å². The van der Waals surface area contributed by atoms with Crippen LogP contribution in [-0.2, 0) is 17.6 Å². The lowest BCUT2D eigenvalue weighted by atomic mass is 10.1. The molecule has 4 nitrogen and oxygen atoms in total. The normalized spacial score (nSPS) is 18.5. The summed E-state index contributed by atoms with van der Waals surface area (Å²) in [6.07, 6.45) is -1.02. The smallest absolute Gasteiger partial charge is 0.353 e. The Hall–Kier alpha value is -0.960. The predicted molar refractivity (Wildman–Crippen MR) is 104 cm³/mol. The van der Waals surface area contributed by atoms with Gasteiger partial charge in [-0.05, 0) is 42.5 Å². The van der Waals surface area contributed by atoms with Crippen LogP contribution in [0.3, 0.4) is 0 Å². The number of alkyl halides is 3. The molecule has 0 saturated carbocycles. The van der Waals surface area contributed by atoms with Gasteiger partial charge in [0.05, 0.1) is 5.75 Å². The van der Waals surface area contributed by atoms with E-state index in [1.807, 2.05) is 6.07 Å². The predicted octanol–water partition coefficient (Wildman–Crippen LogP) is 2.64. The van der Waals surface area contributed by atoms with E-state index in [0.717, 1.165) is 24.2 Å². The van der Waals surface area contributed by atoms with Gasteiger partial charge in [-0.2, -0.15) is 13.2 Å². The average molecular weight is 424 g/mol. The van der Waals surface area contributed by atoms with Gasteiger partial charge < -0.3 is 10.6 Å². The van der Waals surface area contributed by atoms with Gasteiger partial charge in [0.2, 0.25) is 5.91 Å². The monoisotopic (exact) mass is 423 g/mol. The van der Waals surface area contributed by atoms with Gasteiger partial charge in [0.15, 0.2) is 0 Å². The average Bonchev–Trinajstić information content (AvgIpc) is 3.07. The number of carbonyl (C=O) groups excluding carboxylic acids is 1. The minimum absolute atomic E-state index is 0. The van der Waals surface area contributed by atoms with E-state index in [-0.39, 0.29) is 24.1 Å². The number of piperazine rings is 1. The van der Waals surface area contributed by atoms with Crippen LogP contribution in [0.4, 0.5) is 13.2 Å². The Morgan fingerprint density at radius 1 is 1.22 bits per heavy atom. The third-order valence-corrected chi connectivity index (χ3v) is 5.90. The van der Waals surface area contributed by atoms with Gasteiger partial charge in [0.1, 0.15) is 6.04 Å². The van der Waals surface area contributed by atoms with E-state index in [4.69, 9.17) is 0 Å². The van der Waals surface area contributed by atoms with Crippen molar-refractivity contribution in [1.29, 1.82) is 0 Å². The molecule has 2 aliphatic rings. The van der Waals surface area contributed by atoms with Crippen LogP contribution >= 0.6 is 24.2 Å². The fraction of sp³-hybridized carbons (Fsp3) is 0.611. The van der Waals surface area contributed by atoms with Crippen LogP contribution in [0.5, 0.6) is 0 Å². The number of carbonyl (C=O) groups is 1. The lowest BCUT2D eigenvalue weighted by Crippen LogP contribution is -2.57. The molecule has 2 N–H and O–H groups in total. The zero-order chi connectivity index (χ0) is 18.6. The van der Waals surface area contributed by atoms with Crippen LogP contribution in [0.2, 0.25) is 0 Å². The maximum Gasteiger partial charge on any atom is 0.405 e. The zero-order valence-corrected chi connectivity index (χ0v) is 16.6. The highest BCUT2D eigenvalue weighted by molar-refractivity contribution is 8.00. The second-order valence-corrected chi connectivity index (χ2v) is 7.77. The van der Waals surface area contributed by atoms with E-state index >= 15 is 0 Å². The fourth-order valence-corrected chi connectivity index (χ4v) is 4.28.